The van der Waals surface area contributed by atoms with E-state index in [9.17, 15) is 14.4 Å². The number of hydrogen-bond acceptors (Lipinski definition) is 4. The molecule has 22 heavy (non-hydrogen) atoms. The van der Waals surface area contributed by atoms with Crippen molar-refractivity contribution >= 4 is 29.1 Å². The van der Waals surface area contributed by atoms with Crippen LogP contribution >= 0.6 is 11.3 Å². The van der Waals surface area contributed by atoms with Gasteiger partial charge in [0.25, 0.3) is 0 Å². The minimum absolute atomic E-state index is 0.00383. The summed E-state index contributed by atoms with van der Waals surface area (Å²) in [6.07, 6.45) is 2.95. The largest absolute Gasteiger partial charge is 0.477 e. The van der Waals surface area contributed by atoms with Gasteiger partial charge in [-0.15, -0.1) is 11.3 Å². The molecule has 7 heteroatoms. The van der Waals surface area contributed by atoms with Crippen LogP contribution in [0.15, 0.2) is 12.1 Å². The van der Waals surface area contributed by atoms with Gasteiger partial charge in [-0.2, -0.15) is 0 Å². The average Bonchev–Trinajstić information content (AvgIpc) is 3.01. The highest BCUT2D eigenvalue weighted by Gasteiger charge is 2.31. The quantitative estimate of drug-likeness (QED) is 0.865. The van der Waals surface area contributed by atoms with Gasteiger partial charge in [-0.25, -0.2) is 4.79 Å². The van der Waals surface area contributed by atoms with E-state index < -0.39 is 12.0 Å². The number of nitrogens with zero attached hydrogens (tertiary/aromatic N) is 1. The van der Waals surface area contributed by atoms with Crippen LogP contribution in [0.4, 0.5) is 0 Å². The summed E-state index contributed by atoms with van der Waals surface area (Å²) in [4.78, 5) is 37.8. The SMILES string of the molecule is CCC(=O)N1CCCCC1C(=O)NCc1ccc(C(=O)O)s1. The first-order chi connectivity index (χ1) is 10.5. The first kappa shape index (κ1) is 16.5. The number of carbonyl (C=O) groups is 3. The van der Waals surface area contributed by atoms with E-state index >= 15 is 0 Å². The van der Waals surface area contributed by atoms with Gasteiger partial charge in [-0.05, 0) is 31.4 Å². The Labute approximate surface area is 133 Å². The molecule has 6 nitrogen and oxygen atoms in total. The van der Waals surface area contributed by atoms with Gasteiger partial charge in [0, 0.05) is 17.8 Å². The van der Waals surface area contributed by atoms with Crippen LogP contribution in [0.1, 0.15) is 47.2 Å². The molecule has 0 bridgehead atoms. The molecular formula is C15H20N2O4S. The molecule has 1 fully saturated rings. The van der Waals surface area contributed by atoms with Crippen molar-refractivity contribution in [2.24, 2.45) is 0 Å². The zero-order valence-corrected chi connectivity index (χ0v) is 13.3. The Hall–Kier alpha value is -1.89. The second kappa shape index (κ2) is 7.40. The van der Waals surface area contributed by atoms with Gasteiger partial charge in [0.15, 0.2) is 0 Å². The third kappa shape index (κ3) is 3.85. The Bertz CT molecular complexity index is 570. The zero-order chi connectivity index (χ0) is 16.1. The van der Waals surface area contributed by atoms with Crippen LogP contribution in [0.3, 0.4) is 0 Å². The molecule has 2 amide bonds. The fourth-order valence-electron chi connectivity index (χ4n) is 2.59. The van der Waals surface area contributed by atoms with E-state index in [1.165, 1.54) is 6.07 Å². The molecule has 1 atom stereocenters. The minimum atomic E-state index is -0.963. The fourth-order valence-corrected chi connectivity index (χ4v) is 3.37. The topological polar surface area (TPSA) is 86.7 Å². The average molecular weight is 324 g/mol. The number of aromatic carboxylic acids is 1. The lowest BCUT2D eigenvalue weighted by atomic mass is 10.0. The molecule has 0 spiro atoms. The lowest BCUT2D eigenvalue weighted by Gasteiger charge is -2.34. The van der Waals surface area contributed by atoms with Crippen molar-refractivity contribution in [3.63, 3.8) is 0 Å². The summed E-state index contributed by atoms with van der Waals surface area (Å²) in [5.41, 5.74) is 0. The zero-order valence-electron chi connectivity index (χ0n) is 12.5. The van der Waals surface area contributed by atoms with Crippen molar-refractivity contribution in [2.75, 3.05) is 6.54 Å². The summed E-state index contributed by atoms with van der Waals surface area (Å²) in [5.74, 6) is -1.12. The van der Waals surface area contributed by atoms with Gasteiger partial charge >= 0.3 is 5.97 Å². The minimum Gasteiger partial charge on any atom is -0.477 e. The molecule has 0 saturated carbocycles. The van der Waals surface area contributed by atoms with Crippen molar-refractivity contribution in [1.82, 2.24) is 10.2 Å². The van der Waals surface area contributed by atoms with Crippen LogP contribution in [-0.4, -0.2) is 40.4 Å². The van der Waals surface area contributed by atoms with E-state index in [1.54, 1.807) is 17.9 Å². The number of thiophene rings is 1. The number of nitrogens with one attached hydrogen (secondary N) is 1. The summed E-state index contributed by atoms with van der Waals surface area (Å²) in [6.45, 7) is 2.72. The van der Waals surface area contributed by atoms with Crippen LogP contribution in [0.25, 0.3) is 0 Å². The Morgan fingerprint density at radius 3 is 2.77 bits per heavy atom. The van der Waals surface area contributed by atoms with Crippen LogP contribution in [0.5, 0.6) is 0 Å². The van der Waals surface area contributed by atoms with E-state index in [1.807, 2.05) is 0 Å². The van der Waals surface area contributed by atoms with Crippen LogP contribution in [0, 0.1) is 0 Å². The summed E-state index contributed by atoms with van der Waals surface area (Å²) >= 11 is 1.15. The highest BCUT2D eigenvalue weighted by molar-refractivity contribution is 7.13. The van der Waals surface area contributed by atoms with Gasteiger partial charge in [-0.1, -0.05) is 6.92 Å². The predicted octanol–water partition coefficient (Wildman–Crippen LogP) is 1.85. The second-order valence-corrected chi connectivity index (χ2v) is 6.41. The molecule has 2 heterocycles. The molecular weight excluding hydrogens is 304 g/mol. The first-order valence-corrected chi connectivity index (χ1v) is 8.23. The van der Waals surface area contributed by atoms with Crippen LogP contribution < -0.4 is 5.32 Å². The molecule has 1 aromatic rings. The lowest BCUT2D eigenvalue weighted by molar-refractivity contribution is -0.142. The number of carboxylic acid groups (broad SMARTS) is 1. The van der Waals surface area contributed by atoms with Gasteiger partial charge in [0.1, 0.15) is 10.9 Å². The molecule has 1 unspecified atom stereocenters. The molecule has 120 valence electrons. The van der Waals surface area contributed by atoms with E-state index in [0.717, 1.165) is 29.1 Å². The summed E-state index contributed by atoms with van der Waals surface area (Å²) in [6, 6.07) is 2.83. The van der Waals surface area contributed by atoms with Crippen molar-refractivity contribution < 1.29 is 19.5 Å². The molecule has 0 radical (unpaired) electrons. The summed E-state index contributed by atoms with van der Waals surface area (Å²) < 4.78 is 0. The van der Waals surface area contributed by atoms with E-state index in [-0.39, 0.29) is 16.7 Å². The predicted molar refractivity (Wildman–Crippen MR) is 82.8 cm³/mol. The summed E-state index contributed by atoms with van der Waals surface area (Å²) in [7, 11) is 0. The third-order valence-corrected chi connectivity index (χ3v) is 4.81. The molecule has 0 aliphatic carbocycles. The second-order valence-electron chi connectivity index (χ2n) is 5.24. The Morgan fingerprint density at radius 1 is 1.36 bits per heavy atom. The van der Waals surface area contributed by atoms with Crippen molar-refractivity contribution in [3.8, 4) is 0 Å². The normalized spacial score (nSPS) is 18.0. The third-order valence-electron chi connectivity index (χ3n) is 3.74. The highest BCUT2D eigenvalue weighted by Crippen LogP contribution is 2.19. The van der Waals surface area contributed by atoms with E-state index in [4.69, 9.17) is 5.11 Å². The van der Waals surface area contributed by atoms with Crippen molar-refractivity contribution in [3.05, 3.63) is 21.9 Å². The van der Waals surface area contributed by atoms with Crippen molar-refractivity contribution in [1.29, 1.82) is 0 Å². The number of rotatable bonds is 5. The first-order valence-electron chi connectivity index (χ1n) is 7.42. The molecule has 1 aliphatic rings. The number of amides is 2. The van der Waals surface area contributed by atoms with Crippen LogP contribution in [0.2, 0.25) is 0 Å². The van der Waals surface area contributed by atoms with Crippen LogP contribution in [-0.2, 0) is 16.1 Å². The molecule has 1 aliphatic heterocycles. The number of likely N-dealkylation sites (tertiary alicyclic amines) is 1. The Balaban J connectivity index is 1.94. The van der Waals surface area contributed by atoms with Gasteiger partial charge < -0.3 is 15.3 Å². The molecule has 2 N–H and O–H groups in total. The molecule has 1 aromatic heterocycles. The highest BCUT2D eigenvalue weighted by atomic mass is 32.1. The number of piperidine rings is 1. The van der Waals surface area contributed by atoms with Gasteiger partial charge in [0.05, 0.1) is 6.54 Å². The van der Waals surface area contributed by atoms with E-state index in [2.05, 4.69) is 5.32 Å². The maximum absolute atomic E-state index is 12.3. The smallest absolute Gasteiger partial charge is 0.345 e. The fraction of sp³-hybridized carbons (Fsp3) is 0.533. The number of carboxylic acids is 1. The molecule has 0 aromatic carbocycles. The Kier molecular flexibility index (Phi) is 5.54. The maximum atomic E-state index is 12.3. The molecule has 1 saturated heterocycles. The standard InChI is InChI=1S/C15H20N2O4S/c1-2-13(18)17-8-4-3-5-11(17)14(19)16-9-10-6-7-12(22-10)15(20)21/h6-7,11H,2-5,8-9H2,1H3,(H,16,19)(H,20,21). The Morgan fingerprint density at radius 2 is 2.14 bits per heavy atom. The van der Waals surface area contributed by atoms with Crippen molar-refractivity contribution in [2.45, 2.75) is 45.2 Å². The van der Waals surface area contributed by atoms with Gasteiger partial charge in [-0.3, -0.25) is 9.59 Å². The number of hydrogen-bond donors (Lipinski definition) is 2. The summed E-state index contributed by atoms with van der Waals surface area (Å²) in [5, 5.41) is 11.7. The van der Waals surface area contributed by atoms with E-state index in [0.29, 0.717) is 25.9 Å². The molecule has 2 rings (SSSR count). The van der Waals surface area contributed by atoms with Gasteiger partial charge in [0.2, 0.25) is 11.8 Å². The maximum Gasteiger partial charge on any atom is 0.345 e. The number of carbonyl (C=O) groups excluding carboxylic acids is 2. The monoisotopic (exact) mass is 324 g/mol. The lowest BCUT2D eigenvalue weighted by Crippen LogP contribution is -2.51.